The van der Waals surface area contributed by atoms with Gasteiger partial charge in [0.1, 0.15) is 0 Å². The largest absolute Gasteiger partial charge is 0.480 e. The Balaban J connectivity index is 2.42. The molecule has 2 N–H and O–H groups in total. The minimum Gasteiger partial charge on any atom is -0.480 e. The van der Waals surface area contributed by atoms with E-state index in [9.17, 15) is 0 Å². The number of ether oxygens (including phenoxy) is 1. The lowest BCUT2D eigenvalue weighted by atomic mass is 10.3. The van der Waals surface area contributed by atoms with Crippen molar-refractivity contribution >= 4 is 0 Å². The quantitative estimate of drug-likeness (QED) is 0.819. The molecule has 2 aromatic rings. The number of aromatic nitrogens is 2. The predicted octanol–water partition coefficient (Wildman–Crippen LogP) is 1.34. The van der Waals surface area contributed by atoms with Crippen molar-refractivity contribution in [3.8, 4) is 11.6 Å². The van der Waals surface area contributed by atoms with Gasteiger partial charge in [-0.1, -0.05) is 18.2 Å². The second-order valence-corrected chi connectivity index (χ2v) is 3.15. The lowest BCUT2D eigenvalue weighted by Gasteiger charge is -1.98. The maximum Gasteiger partial charge on any atom is 0.237 e. The van der Waals surface area contributed by atoms with Gasteiger partial charge in [-0.3, -0.25) is 0 Å². The van der Waals surface area contributed by atoms with Crippen LogP contribution in [-0.2, 0) is 6.54 Å². The highest BCUT2D eigenvalue weighted by atomic mass is 16.5. The molecular weight excluding hydrogens is 190 g/mol. The van der Waals surface area contributed by atoms with Gasteiger partial charge >= 0.3 is 0 Å². The van der Waals surface area contributed by atoms with E-state index in [1.54, 1.807) is 11.8 Å². The van der Waals surface area contributed by atoms with E-state index in [-0.39, 0.29) is 0 Å². The zero-order valence-corrected chi connectivity index (χ0v) is 8.55. The Kier molecular flexibility index (Phi) is 2.69. The van der Waals surface area contributed by atoms with Gasteiger partial charge < -0.3 is 10.5 Å². The van der Waals surface area contributed by atoms with Crippen LogP contribution in [-0.4, -0.2) is 16.9 Å². The number of hydrogen-bond donors (Lipinski definition) is 1. The topological polar surface area (TPSA) is 53.1 Å². The number of hydrogen-bond acceptors (Lipinski definition) is 3. The van der Waals surface area contributed by atoms with E-state index < -0.39 is 0 Å². The predicted molar refractivity (Wildman–Crippen MR) is 58.0 cm³/mol. The Morgan fingerprint density at radius 2 is 2.07 bits per heavy atom. The molecule has 1 heterocycles. The van der Waals surface area contributed by atoms with E-state index in [2.05, 4.69) is 5.10 Å². The van der Waals surface area contributed by atoms with E-state index in [1.165, 1.54) is 0 Å². The zero-order chi connectivity index (χ0) is 10.7. The van der Waals surface area contributed by atoms with E-state index in [4.69, 9.17) is 10.5 Å². The standard InChI is InChI=1S/C11H13N3O/c1-15-11-9(7-12)8-14(13-11)10-5-3-2-4-6-10/h2-6,8H,7,12H2,1H3. The number of para-hydroxylation sites is 1. The van der Waals surface area contributed by atoms with Gasteiger partial charge in [0.15, 0.2) is 0 Å². The first-order valence-electron chi connectivity index (χ1n) is 4.73. The van der Waals surface area contributed by atoms with Crippen molar-refractivity contribution in [3.05, 3.63) is 42.1 Å². The van der Waals surface area contributed by atoms with Gasteiger partial charge in [0.05, 0.1) is 12.8 Å². The number of rotatable bonds is 3. The average molecular weight is 203 g/mol. The molecular formula is C11H13N3O. The molecule has 4 nitrogen and oxygen atoms in total. The average Bonchev–Trinajstić information content (AvgIpc) is 2.73. The van der Waals surface area contributed by atoms with Crippen molar-refractivity contribution in [2.24, 2.45) is 5.73 Å². The zero-order valence-electron chi connectivity index (χ0n) is 8.55. The summed E-state index contributed by atoms with van der Waals surface area (Å²) >= 11 is 0. The molecule has 0 atom stereocenters. The Hall–Kier alpha value is -1.81. The van der Waals surface area contributed by atoms with E-state index >= 15 is 0 Å². The second-order valence-electron chi connectivity index (χ2n) is 3.15. The highest BCUT2D eigenvalue weighted by molar-refractivity contribution is 5.34. The first-order chi connectivity index (χ1) is 7.35. The van der Waals surface area contributed by atoms with Crippen LogP contribution in [0, 0.1) is 0 Å². The van der Waals surface area contributed by atoms with Crippen molar-refractivity contribution < 1.29 is 4.74 Å². The third-order valence-corrected chi connectivity index (χ3v) is 2.19. The van der Waals surface area contributed by atoms with Crippen LogP contribution in [0.2, 0.25) is 0 Å². The molecule has 0 radical (unpaired) electrons. The Labute approximate surface area is 88.3 Å². The summed E-state index contributed by atoms with van der Waals surface area (Å²) in [5.74, 6) is 0.585. The van der Waals surface area contributed by atoms with Crippen molar-refractivity contribution in [2.45, 2.75) is 6.54 Å². The highest BCUT2D eigenvalue weighted by Gasteiger charge is 2.07. The van der Waals surface area contributed by atoms with Crippen LogP contribution >= 0.6 is 0 Å². The minimum absolute atomic E-state index is 0.427. The molecule has 0 bridgehead atoms. The first kappa shape index (κ1) is 9.73. The maximum atomic E-state index is 5.58. The molecule has 1 aromatic heterocycles. The molecule has 2 rings (SSSR count). The maximum absolute atomic E-state index is 5.58. The van der Waals surface area contributed by atoms with Crippen molar-refractivity contribution in [1.29, 1.82) is 0 Å². The van der Waals surface area contributed by atoms with Crippen LogP contribution in [0.25, 0.3) is 5.69 Å². The summed E-state index contributed by atoms with van der Waals surface area (Å²) in [7, 11) is 1.59. The molecule has 0 fully saturated rings. The minimum atomic E-state index is 0.427. The SMILES string of the molecule is COc1nn(-c2ccccc2)cc1CN. The molecule has 0 aliphatic carbocycles. The Morgan fingerprint density at radius 1 is 1.33 bits per heavy atom. The summed E-state index contributed by atoms with van der Waals surface area (Å²) in [6, 6.07) is 9.85. The summed E-state index contributed by atoms with van der Waals surface area (Å²) in [4.78, 5) is 0. The van der Waals surface area contributed by atoms with Crippen LogP contribution < -0.4 is 10.5 Å². The number of benzene rings is 1. The molecule has 78 valence electrons. The molecule has 0 saturated heterocycles. The van der Waals surface area contributed by atoms with E-state index in [0.29, 0.717) is 12.4 Å². The smallest absolute Gasteiger partial charge is 0.237 e. The molecule has 0 aliphatic heterocycles. The molecule has 0 aliphatic rings. The molecule has 0 saturated carbocycles. The fraction of sp³-hybridized carbons (Fsp3) is 0.182. The summed E-state index contributed by atoms with van der Waals surface area (Å²) in [5, 5.41) is 4.28. The first-order valence-corrected chi connectivity index (χ1v) is 4.73. The van der Waals surface area contributed by atoms with Gasteiger partial charge in [0.2, 0.25) is 5.88 Å². The van der Waals surface area contributed by atoms with Gasteiger partial charge in [0.25, 0.3) is 0 Å². The van der Waals surface area contributed by atoms with Crippen molar-refractivity contribution in [3.63, 3.8) is 0 Å². The van der Waals surface area contributed by atoms with Crippen LogP contribution in [0.1, 0.15) is 5.56 Å². The molecule has 0 amide bonds. The van der Waals surface area contributed by atoms with Crippen molar-refractivity contribution in [2.75, 3.05) is 7.11 Å². The fourth-order valence-electron chi connectivity index (χ4n) is 1.42. The molecule has 4 heteroatoms. The third kappa shape index (κ3) is 1.85. The number of nitrogens with two attached hydrogens (primary N) is 1. The summed E-state index contributed by atoms with van der Waals surface area (Å²) < 4.78 is 6.89. The Morgan fingerprint density at radius 3 is 2.60 bits per heavy atom. The normalized spacial score (nSPS) is 10.3. The summed E-state index contributed by atoms with van der Waals surface area (Å²) in [5.41, 5.74) is 7.48. The molecule has 1 aromatic carbocycles. The highest BCUT2D eigenvalue weighted by Crippen LogP contribution is 2.17. The number of nitrogens with zero attached hydrogens (tertiary/aromatic N) is 2. The van der Waals surface area contributed by atoms with Crippen LogP contribution in [0.4, 0.5) is 0 Å². The van der Waals surface area contributed by atoms with Crippen LogP contribution in [0.3, 0.4) is 0 Å². The van der Waals surface area contributed by atoms with Gasteiger partial charge in [-0.15, -0.1) is 5.10 Å². The monoisotopic (exact) mass is 203 g/mol. The van der Waals surface area contributed by atoms with Gasteiger partial charge in [-0.2, -0.15) is 0 Å². The molecule has 15 heavy (non-hydrogen) atoms. The molecule has 0 spiro atoms. The van der Waals surface area contributed by atoms with Crippen LogP contribution in [0.15, 0.2) is 36.5 Å². The third-order valence-electron chi connectivity index (χ3n) is 2.19. The van der Waals surface area contributed by atoms with Gasteiger partial charge in [-0.25, -0.2) is 4.68 Å². The van der Waals surface area contributed by atoms with Crippen molar-refractivity contribution in [1.82, 2.24) is 9.78 Å². The lowest BCUT2D eigenvalue weighted by molar-refractivity contribution is 0.390. The lowest BCUT2D eigenvalue weighted by Crippen LogP contribution is -1.96. The summed E-state index contributed by atoms with van der Waals surface area (Å²) in [6.07, 6.45) is 1.88. The fourth-order valence-corrected chi connectivity index (χ4v) is 1.42. The van der Waals surface area contributed by atoms with Gasteiger partial charge in [-0.05, 0) is 12.1 Å². The summed E-state index contributed by atoms with van der Waals surface area (Å²) in [6.45, 7) is 0.427. The Bertz CT molecular complexity index is 415. The van der Waals surface area contributed by atoms with E-state index in [1.807, 2.05) is 36.5 Å². The molecule has 0 unspecified atom stereocenters. The second kappa shape index (κ2) is 4.14. The van der Waals surface area contributed by atoms with Crippen LogP contribution in [0.5, 0.6) is 5.88 Å². The number of methoxy groups -OCH3 is 1. The van der Waals surface area contributed by atoms with E-state index in [0.717, 1.165) is 11.3 Å². The van der Waals surface area contributed by atoms with Gasteiger partial charge in [0, 0.05) is 18.3 Å².